The number of rotatable bonds is 3. The van der Waals surface area contributed by atoms with Crippen molar-refractivity contribution in [3.8, 4) is 0 Å². The molecule has 1 aromatic rings. The molecule has 1 heterocycles. The Hall–Kier alpha value is -1.07. The van der Waals surface area contributed by atoms with E-state index in [-0.39, 0.29) is 11.6 Å². The number of hydrogen-bond donors (Lipinski definition) is 2. The predicted molar refractivity (Wildman–Crippen MR) is 50.2 cm³/mol. The lowest BCUT2D eigenvalue weighted by Crippen LogP contribution is -2.06. The Morgan fingerprint density at radius 1 is 1.71 bits per heavy atom. The van der Waals surface area contributed by atoms with Crippen LogP contribution in [0.5, 0.6) is 0 Å². The Morgan fingerprint density at radius 2 is 2.29 bits per heavy atom. The van der Waals surface area contributed by atoms with E-state index in [4.69, 9.17) is 16.7 Å². The van der Waals surface area contributed by atoms with Crippen LogP contribution in [0.1, 0.15) is 23.8 Å². The number of aryl methyl sites for hydroxylation is 2. The molecule has 0 aliphatic carbocycles. The number of aliphatic hydroxyl groups is 1. The van der Waals surface area contributed by atoms with Gasteiger partial charge in [-0.25, -0.2) is 0 Å². The van der Waals surface area contributed by atoms with E-state index in [9.17, 15) is 9.90 Å². The van der Waals surface area contributed by atoms with Crippen molar-refractivity contribution in [2.45, 2.75) is 19.4 Å². The number of carboxylic acid groups (broad SMARTS) is 1. The van der Waals surface area contributed by atoms with E-state index in [0.717, 1.165) is 0 Å². The summed E-state index contributed by atoms with van der Waals surface area (Å²) >= 11 is 5.84. The van der Waals surface area contributed by atoms with Gasteiger partial charge in [-0.3, -0.25) is 9.48 Å². The minimum absolute atomic E-state index is 0.274. The molecule has 0 amide bonds. The summed E-state index contributed by atoms with van der Waals surface area (Å²) in [5.74, 6) is -1.07. The first-order valence-electron chi connectivity index (χ1n) is 4.02. The fourth-order valence-corrected chi connectivity index (χ4v) is 1.59. The van der Waals surface area contributed by atoms with Crippen LogP contribution in [0.4, 0.5) is 0 Å². The van der Waals surface area contributed by atoms with Crippen LogP contribution in [0.25, 0.3) is 0 Å². The van der Waals surface area contributed by atoms with Crippen molar-refractivity contribution >= 4 is 17.6 Å². The molecule has 0 aliphatic heterocycles. The van der Waals surface area contributed by atoms with E-state index in [1.54, 1.807) is 14.0 Å². The molecule has 1 aromatic heterocycles. The largest absolute Gasteiger partial charge is 0.481 e. The van der Waals surface area contributed by atoms with Crippen LogP contribution in [-0.2, 0) is 11.8 Å². The third kappa shape index (κ3) is 2.05. The summed E-state index contributed by atoms with van der Waals surface area (Å²) in [7, 11) is 1.63. The highest BCUT2D eigenvalue weighted by atomic mass is 35.5. The highest BCUT2D eigenvalue weighted by Gasteiger charge is 2.21. The van der Waals surface area contributed by atoms with E-state index in [1.165, 1.54) is 4.68 Å². The second-order valence-electron chi connectivity index (χ2n) is 3.03. The maximum absolute atomic E-state index is 10.4. The third-order valence-electron chi connectivity index (χ3n) is 1.90. The summed E-state index contributed by atoms with van der Waals surface area (Å²) in [6.45, 7) is 1.67. The van der Waals surface area contributed by atoms with Crippen molar-refractivity contribution in [1.82, 2.24) is 9.78 Å². The second-order valence-corrected chi connectivity index (χ2v) is 3.39. The number of carboxylic acids is 1. The van der Waals surface area contributed by atoms with Crippen LogP contribution >= 0.6 is 11.6 Å². The van der Waals surface area contributed by atoms with Gasteiger partial charge in [0, 0.05) is 12.6 Å². The zero-order chi connectivity index (χ0) is 10.9. The summed E-state index contributed by atoms with van der Waals surface area (Å²) in [6, 6.07) is 0. The maximum atomic E-state index is 10.4. The number of aliphatic carboxylic acids is 1. The van der Waals surface area contributed by atoms with E-state index >= 15 is 0 Å². The zero-order valence-corrected chi connectivity index (χ0v) is 8.62. The number of aromatic nitrogens is 2. The first-order chi connectivity index (χ1) is 6.43. The molecule has 1 atom stereocenters. The standard InChI is InChI=1S/C8H11ClN2O3/c1-4-7(5(12)3-6(13)14)8(9)11(2)10-4/h5,12H,3H2,1-2H3,(H,13,14)/t5-/m1/s1. The minimum Gasteiger partial charge on any atom is -0.481 e. The van der Waals surface area contributed by atoms with Crippen LogP contribution in [0.15, 0.2) is 0 Å². The number of hydrogen-bond acceptors (Lipinski definition) is 3. The molecule has 0 spiro atoms. The van der Waals surface area contributed by atoms with Gasteiger partial charge in [-0.15, -0.1) is 0 Å². The molecule has 5 nitrogen and oxygen atoms in total. The number of carbonyl (C=O) groups is 1. The second kappa shape index (κ2) is 3.98. The Balaban J connectivity index is 2.99. The van der Waals surface area contributed by atoms with Crippen LogP contribution in [0, 0.1) is 6.92 Å². The topological polar surface area (TPSA) is 75.3 Å². The summed E-state index contributed by atoms with van der Waals surface area (Å²) < 4.78 is 1.40. The number of nitrogens with zero attached hydrogens (tertiary/aromatic N) is 2. The molecule has 0 unspecified atom stereocenters. The Kier molecular flexibility index (Phi) is 3.13. The molecule has 78 valence electrons. The molecular formula is C8H11ClN2O3. The molecule has 0 aromatic carbocycles. The summed E-state index contributed by atoms with van der Waals surface area (Å²) in [5.41, 5.74) is 0.933. The van der Waals surface area contributed by atoms with Crippen molar-refractivity contribution in [3.63, 3.8) is 0 Å². The molecule has 0 saturated carbocycles. The lowest BCUT2D eigenvalue weighted by Gasteiger charge is -2.06. The van der Waals surface area contributed by atoms with Crippen LogP contribution in [0.3, 0.4) is 0 Å². The third-order valence-corrected chi connectivity index (χ3v) is 2.35. The lowest BCUT2D eigenvalue weighted by molar-refractivity contribution is -0.139. The van der Waals surface area contributed by atoms with Crippen LogP contribution in [-0.4, -0.2) is 26.0 Å². The van der Waals surface area contributed by atoms with Gasteiger partial charge in [0.05, 0.1) is 18.2 Å². The van der Waals surface area contributed by atoms with Gasteiger partial charge >= 0.3 is 5.97 Å². The van der Waals surface area contributed by atoms with Gasteiger partial charge < -0.3 is 10.2 Å². The highest BCUT2D eigenvalue weighted by molar-refractivity contribution is 6.30. The fraction of sp³-hybridized carbons (Fsp3) is 0.500. The van der Waals surface area contributed by atoms with Gasteiger partial charge in [0.1, 0.15) is 5.15 Å². The smallest absolute Gasteiger partial charge is 0.306 e. The Morgan fingerprint density at radius 3 is 2.64 bits per heavy atom. The molecule has 6 heteroatoms. The van der Waals surface area contributed by atoms with Crippen molar-refractivity contribution < 1.29 is 15.0 Å². The molecule has 2 N–H and O–H groups in total. The molecule has 14 heavy (non-hydrogen) atoms. The molecule has 0 aliphatic rings. The van der Waals surface area contributed by atoms with Gasteiger partial charge in [0.25, 0.3) is 0 Å². The SMILES string of the molecule is Cc1nn(C)c(Cl)c1[C@H](O)CC(=O)O. The monoisotopic (exact) mass is 218 g/mol. The van der Waals surface area contributed by atoms with Gasteiger partial charge in [-0.1, -0.05) is 11.6 Å². The highest BCUT2D eigenvalue weighted by Crippen LogP contribution is 2.27. The predicted octanol–water partition coefficient (Wildman–Crippen LogP) is 0.890. The average molecular weight is 219 g/mol. The molecule has 0 radical (unpaired) electrons. The van der Waals surface area contributed by atoms with Crippen molar-refractivity contribution in [2.24, 2.45) is 7.05 Å². The number of aliphatic hydroxyl groups excluding tert-OH is 1. The Labute approximate surface area is 85.9 Å². The van der Waals surface area contributed by atoms with E-state index in [1.807, 2.05) is 0 Å². The minimum atomic E-state index is -1.10. The fourth-order valence-electron chi connectivity index (χ4n) is 1.29. The molecule has 0 bridgehead atoms. The first-order valence-corrected chi connectivity index (χ1v) is 4.40. The number of halogens is 1. The zero-order valence-electron chi connectivity index (χ0n) is 7.86. The van der Waals surface area contributed by atoms with Crippen LogP contribution < -0.4 is 0 Å². The molecule has 1 rings (SSSR count). The van der Waals surface area contributed by atoms with Gasteiger partial charge in [-0.05, 0) is 6.92 Å². The summed E-state index contributed by atoms with van der Waals surface area (Å²) in [5, 5.41) is 22.3. The summed E-state index contributed by atoms with van der Waals surface area (Å²) in [6.07, 6.45) is -1.47. The van der Waals surface area contributed by atoms with Crippen molar-refractivity contribution in [3.05, 3.63) is 16.4 Å². The maximum Gasteiger partial charge on any atom is 0.306 e. The van der Waals surface area contributed by atoms with Gasteiger partial charge in [-0.2, -0.15) is 5.10 Å². The van der Waals surface area contributed by atoms with Gasteiger partial charge in [0.2, 0.25) is 0 Å². The first kappa shape index (κ1) is 11.0. The average Bonchev–Trinajstić information content (AvgIpc) is 2.25. The summed E-state index contributed by atoms with van der Waals surface area (Å²) in [4.78, 5) is 10.4. The van der Waals surface area contributed by atoms with Crippen molar-refractivity contribution in [1.29, 1.82) is 0 Å². The molecular weight excluding hydrogens is 208 g/mol. The lowest BCUT2D eigenvalue weighted by atomic mass is 10.1. The Bertz CT molecular complexity index is 362. The normalized spacial score (nSPS) is 12.9. The van der Waals surface area contributed by atoms with Gasteiger partial charge in [0.15, 0.2) is 0 Å². The van der Waals surface area contributed by atoms with E-state index < -0.39 is 12.1 Å². The van der Waals surface area contributed by atoms with E-state index in [2.05, 4.69) is 5.10 Å². The van der Waals surface area contributed by atoms with Crippen molar-refractivity contribution in [2.75, 3.05) is 0 Å². The quantitative estimate of drug-likeness (QED) is 0.790. The van der Waals surface area contributed by atoms with Crippen LogP contribution in [0.2, 0.25) is 5.15 Å². The van der Waals surface area contributed by atoms with E-state index in [0.29, 0.717) is 11.3 Å². The molecule has 0 fully saturated rings. The molecule has 0 saturated heterocycles.